The average molecular weight is 503 g/mol. The molecule has 3 N–H and O–H groups in total. The van der Waals surface area contributed by atoms with Gasteiger partial charge in [0.15, 0.2) is 5.78 Å². The van der Waals surface area contributed by atoms with Gasteiger partial charge >= 0.3 is 0 Å². The van der Waals surface area contributed by atoms with E-state index in [1.54, 1.807) is 12.1 Å². The molecular weight excluding hydrogens is 484 g/mol. The van der Waals surface area contributed by atoms with E-state index in [-0.39, 0.29) is 24.6 Å². The molecular formula is C19H19FINO4S. The zero-order valence-corrected chi connectivity index (χ0v) is 17.4. The number of carbonyl (C=O) groups is 2. The van der Waals surface area contributed by atoms with Gasteiger partial charge in [-0.2, -0.15) is 0 Å². The number of nitrogens with one attached hydrogen (secondary N) is 1. The van der Waals surface area contributed by atoms with Crippen molar-refractivity contribution < 1.29 is 24.2 Å². The van der Waals surface area contributed by atoms with E-state index in [4.69, 9.17) is 5.11 Å². The van der Waals surface area contributed by atoms with Gasteiger partial charge in [0, 0.05) is 27.8 Å². The van der Waals surface area contributed by atoms with Crippen LogP contribution in [0.5, 0.6) is 0 Å². The van der Waals surface area contributed by atoms with Gasteiger partial charge in [0.2, 0.25) is 0 Å². The Hall–Kier alpha value is -1.36. The van der Waals surface area contributed by atoms with Crippen LogP contribution in [0.1, 0.15) is 48.9 Å². The second kappa shape index (κ2) is 8.76. The van der Waals surface area contributed by atoms with Crippen molar-refractivity contribution in [3.05, 3.63) is 54.0 Å². The van der Waals surface area contributed by atoms with E-state index < -0.39 is 18.6 Å². The summed E-state index contributed by atoms with van der Waals surface area (Å²) in [6.07, 6.45) is 0.924. The molecule has 0 radical (unpaired) electrons. The third kappa shape index (κ3) is 4.56. The number of rotatable bonds is 6. The van der Waals surface area contributed by atoms with Gasteiger partial charge in [-0.3, -0.25) is 9.59 Å². The molecule has 1 aliphatic carbocycles. The minimum absolute atomic E-state index is 0.0139. The van der Waals surface area contributed by atoms with Crippen LogP contribution < -0.4 is 5.32 Å². The standard InChI is InChI=1S/C19H19FINO4S/c20-14-7-11(21)5-4-10(14)6-16-17(19(26)22-8-12(24)9-23)13-2-1-3-15(25)18(13)27-16/h4-5,7,12,23-24H,1-3,6,8-9H2,(H,22,26)/t12-/m0/s1. The van der Waals surface area contributed by atoms with Crippen LogP contribution >= 0.6 is 33.9 Å². The summed E-state index contributed by atoms with van der Waals surface area (Å²) in [6, 6.07) is 4.93. The van der Waals surface area contributed by atoms with E-state index in [9.17, 15) is 19.1 Å². The summed E-state index contributed by atoms with van der Waals surface area (Å²) in [7, 11) is 0. The molecule has 1 aromatic carbocycles. The van der Waals surface area contributed by atoms with E-state index in [1.807, 2.05) is 22.6 Å². The Morgan fingerprint density at radius 3 is 2.85 bits per heavy atom. The number of aliphatic hydroxyl groups is 2. The van der Waals surface area contributed by atoms with Crippen LogP contribution in [0.4, 0.5) is 4.39 Å². The number of carbonyl (C=O) groups excluding carboxylic acids is 2. The zero-order chi connectivity index (χ0) is 19.6. The molecule has 5 nitrogen and oxygen atoms in total. The Labute approximate surface area is 173 Å². The molecule has 0 aliphatic heterocycles. The summed E-state index contributed by atoms with van der Waals surface area (Å²) < 4.78 is 15.1. The van der Waals surface area contributed by atoms with Gasteiger partial charge < -0.3 is 15.5 Å². The van der Waals surface area contributed by atoms with Crippen molar-refractivity contribution in [3.63, 3.8) is 0 Å². The van der Waals surface area contributed by atoms with E-state index >= 15 is 0 Å². The summed E-state index contributed by atoms with van der Waals surface area (Å²) in [5, 5.41) is 21.0. The average Bonchev–Trinajstić information content (AvgIpc) is 3.01. The Bertz CT molecular complexity index is 883. The highest BCUT2D eigenvalue weighted by Gasteiger charge is 2.29. The molecule has 1 aromatic heterocycles. The van der Waals surface area contributed by atoms with Gasteiger partial charge in [0.05, 0.1) is 23.2 Å². The number of aliphatic hydroxyl groups excluding tert-OH is 2. The first-order valence-corrected chi connectivity index (χ1v) is 10.5. The molecule has 8 heteroatoms. The largest absolute Gasteiger partial charge is 0.394 e. The fourth-order valence-electron chi connectivity index (χ4n) is 3.11. The highest BCUT2D eigenvalue weighted by atomic mass is 127. The molecule has 1 amide bonds. The number of amides is 1. The number of halogens is 2. The van der Waals surface area contributed by atoms with Gasteiger partial charge in [-0.1, -0.05) is 6.07 Å². The lowest BCUT2D eigenvalue weighted by Gasteiger charge is -2.14. The van der Waals surface area contributed by atoms with Crippen molar-refractivity contribution in [3.8, 4) is 0 Å². The lowest BCUT2D eigenvalue weighted by molar-refractivity contribution is 0.0801. The Morgan fingerprint density at radius 1 is 1.37 bits per heavy atom. The second-order valence-corrected chi connectivity index (χ2v) is 8.79. The first-order valence-electron chi connectivity index (χ1n) is 8.59. The van der Waals surface area contributed by atoms with Gasteiger partial charge in [-0.05, 0) is 58.7 Å². The van der Waals surface area contributed by atoms with Crippen LogP contribution in [-0.2, 0) is 12.8 Å². The smallest absolute Gasteiger partial charge is 0.252 e. The van der Waals surface area contributed by atoms with Gasteiger partial charge in [0.1, 0.15) is 5.82 Å². The lowest BCUT2D eigenvalue weighted by atomic mass is 9.92. The minimum Gasteiger partial charge on any atom is -0.394 e. The molecule has 3 rings (SSSR count). The Morgan fingerprint density at radius 2 is 2.15 bits per heavy atom. The van der Waals surface area contributed by atoms with E-state index in [0.29, 0.717) is 45.7 Å². The molecule has 1 aliphatic rings. The predicted octanol–water partition coefficient (Wildman–Crippen LogP) is 2.68. The van der Waals surface area contributed by atoms with Crippen LogP contribution in [0.3, 0.4) is 0 Å². The fourth-order valence-corrected chi connectivity index (χ4v) is 4.90. The quantitative estimate of drug-likeness (QED) is 0.530. The number of Topliss-reactive ketones (excluding diaryl/α,β-unsaturated/α-hetero) is 1. The third-order valence-electron chi connectivity index (χ3n) is 4.47. The molecule has 0 bridgehead atoms. The van der Waals surface area contributed by atoms with Crippen LogP contribution in [0.15, 0.2) is 18.2 Å². The van der Waals surface area contributed by atoms with Crippen molar-refractivity contribution in [1.29, 1.82) is 0 Å². The highest BCUT2D eigenvalue weighted by molar-refractivity contribution is 14.1. The van der Waals surface area contributed by atoms with Gasteiger partial charge in [0.25, 0.3) is 5.91 Å². The maximum Gasteiger partial charge on any atom is 0.252 e. The number of thiophene rings is 1. The van der Waals surface area contributed by atoms with E-state index in [2.05, 4.69) is 5.32 Å². The van der Waals surface area contributed by atoms with E-state index in [0.717, 1.165) is 3.57 Å². The Balaban J connectivity index is 1.97. The molecule has 1 heterocycles. The van der Waals surface area contributed by atoms with Gasteiger partial charge in [-0.25, -0.2) is 4.39 Å². The second-order valence-electron chi connectivity index (χ2n) is 6.44. The van der Waals surface area contributed by atoms with Gasteiger partial charge in [-0.15, -0.1) is 11.3 Å². The minimum atomic E-state index is -1.05. The zero-order valence-electron chi connectivity index (χ0n) is 14.4. The molecule has 0 saturated heterocycles. The van der Waals surface area contributed by atoms with Crippen molar-refractivity contribution in [2.75, 3.05) is 13.2 Å². The van der Waals surface area contributed by atoms with Crippen LogP contribution in [0.25, 0.3) is 0 Å². The molecule has 0 saturated carbocycles. The summed E-state index contributed by atoms with van der Waals surface area (Å²) >= 11 is 3.29. The van der Waals surface area contributed by atoms with Crippen LogP contribution in [-0.4, -0.2) is 41.2 Å². The maximum absolute atomic E-state index is 14.3. The maximum atomic E-state index is 14.3. The lowest BCUT2D eigenvalue weighted by Crippen LogP contribution is -2.34. The number of fused-ring (bicyclic) bond motifs is 1. The van der Waals surface area contributed by atoms with Crippen molar-refractivity contribution in [2.45, 2.75) is 31.8 Å². The first kappa shape index (κ1) is 20.4. The number of hydrogen-bond donors (Lipinski definition) is 3. The fraction of sp³-hybridized carbons (Fsp3) is 0.368. The molecule has 144 valence electrons. The van der Waals surface area contributed by atoms with Crippen molar-refractivity contribution in [2.24, 2.45) is 0 Å². The summed E-state index contributed by atoms with van der Waals surface area (Å²) in [5.74, 6) is -0.739. The number of benzene rings is 1. The first-order chi connectivity index (χ1) is 12.9. The summed E-state index contributed by atoms with van der Waals surface area (Å²) in [5.41, 5.74) is 1.59. The van der Waals surface area contributed by atoms with Crippen molar-refractivity contribution in [1.82, 2.24) is 5.32 Å². The SMILES string of the molecule is O=C1CCCc2c1sc(Cc1ccc(I)cc1F)c2C(=O)NC[C@H](O)CO. The summed E-state index contributed by atoms with van der Waals surface area (Å²) in [4.78, 5) is 26.3. The molecule has 27 heavy (non-hydrogen) atoms. The predicted molar refractivity (Wildman–Crippen MR) is 109 cm³/mol. The molecule has 0 fully saturated rings. The van der Waals surface area contributed by atoms with Crippen LogP contribution in [0.2, 0.25) is 0 Å². The normalized spacial score (nSPS) is 14.7. The summed E-state index contributed by atoms with van der Waals surface area (Å²) in [6.45, 7) is -0.549. The van der Waals surface area contributed by atoms with E-state index in [1.165, 1.54) is 17.4 Å². The van der Waals surface area contributed by atoms with Crippen molar-refractivity contribution >= 4 is 45.6 Å². The number of hydrogen-bond acceptors (Lipinski definition) is 5. The molecule has 0 unspecified atom stereocenters. The topological polar surface area (TPSA) is 86.6 Å². The highest BCUT2D eigenvalue weighted by Crippen LogP contribution is 2.36. The third-order valence-corrected chi connectivity index (χ3v) is 6.41. The monoisotopic (exact) mass is 503 g/mol. The molecule has 2 aromatic rings. The molecule has 0 spiro atoms. The molecule has 1 atom stereocenters. The number of ketones is 1. The van der Waals surface area contributed by atoms with Crippen LogP contribution in [0, 0.1) is 9.39 Å². The Kier molecular flexibility index (Phi) is 6.61.